The standard InChI is InChI=1S/C15H23N3O2S2.ClH/c1-14(2,3)13-18-11-7-6-10(8-12(11)21-13)22(19,20)17-9-15(4,5)16;/h6-8,17H,9,16H2,1-5H3;1H. The van der Waals surface area contributed by atoms with E-state index in [0.717, 1.165) is 15.2 Å². The van der Waals surface area contributed by atoms with Gasteiger partial charge >= 0.3 is 0 Å². The highest BCUT2D eigenvalue weighted by atomic mass is 35.5. The summed E-state index contributed by atoms with van der Waals surface area (Å²) in [5.74, 6) is 0. The average molecular weight is 378 g/mol. The van der Waals surface area contributed by atoms with Crippen molar-refractivity contribution in [3.05, 3.63) is 23.2 Å². The van der Waals surface area contributed by atoms with Gasteiger partial charge in [0.15, 0.2) is 0 Å². The number of halogens is 1. The number of nitrogens with zero attached hydrogens (tertiary/aromatic N) is 1. The van der Waals surface area contributed by atoms with E-state index in [9.17, 15) is 8.42 Å². The molecule has 0 bridgehead atoms. The first-order valence-electron chi connectivity index (χ1n) is 7.08. The van der Waals surface area contributed by atoms with Crippen LogP contribution in [0.25, 0.3) is 10.2 Å². The summed E-state index contributed by atoms with van der Waals surface area (Å²) in [4.78, 5) is 4.82. The number of aromatic nitrogens is 1. The van der Waals surface area contributed by atoms with Crippen molar-refractivity contribution in [2.75, 3.05) is 6.54 Å². The van der Waals surface area contributed by atoms with Crippen LogP contribution in [-0.2, 0) is 15.4 Å². The number of nitrogens with one attached hydrogen (secondary N) is 1. The molecule has 0 radical (unpaired) electrons. The van der Waals surface area contributed by atoms with Crippen LogP contribution in [0.2, 0.25) is 0 Å². The first kappa shape index (κ1) is 20.3. The fraction of sp³-hybridized carbons (Fsp3) is 0.533. The van der Waals surface area contributed by atoms with Crippen molar-refractivity contribution < 1.29 is 8.42 Å². The Bertz CT molecular complexity index is 787. The van der Waals surface area contributed by atoms with Crippen LogP contribution in [0.1, 0.15) is 39.6 Å². The van der Waals surface area contributed by atoms with E-state index in [1.807, 2.05) is 0 Å². The summed E-state index contributed by atoms with van der Waals surface area (Å²) in [6, 6.07) is 5.01. The highest BCUT2D eigenvalue weighted by molar-refractivity contribution is 7.89. The molecule has 1 heterocycles. The number of nitrogens with two attached hydrogens (primary N) is 1. The Balaban J connectivity index is 0.00000264. The highest BCUT2D eigenvalue weighted by Gasteiger charge is 2.22. The summed E-state index contributed by atoms with van der Waals surface area (Å²) < 4.78 is 28.1. The molecule has 130 valence electrons. The molecule has 0 unspecified atom stereocenters. The van der Waals surface area contributed by atoms with Crippen LogP contribution in [0, 0.1) is 0 Å². The molecule has 2 rings (SSSR count). The molecule has 8 heteroatoms. The van der Waals surface area contributed by atoms with Gasteiger partial charge in [-0.15, -0.1) is 23.7 Å². The van der Waals surface area contributed by atoms with E-state index < -0.39 is 15.6 Å². The maximum Gasteiger partial charge on any atom is 0.240 e. The lowest BCUT2D eigenvalue weighted by Gasteiger charge is -2.18. The van der Waals surface area contributed by atoms with Crippen LogP contribution in [0.4, 0.5) is 0 Å². The maximum absolute atomic E-state index is 12.3. The van der Waals surface area contributed by atoms with E-state index in [0.29, 0.717) is 0 Å². The SMILES string of the molecule is CC(C)(N)CNS(=O)(=O)c1ccc2nc(C(C)(C)C)sc2c1.Cl. The van der Waals surface area contributed by atoms with Crippen molar-refractivity contribution in [2.45, 2.75) is 50.5 Å². The molecule has 0 amide bonds. The largest absolute Gasteiger partial charge is 0.324 e. The van der Waals surface area contributed by atoms with E-state index in [4.69, 9.17) is 5.73 Å². The highest BCUT2D eigenvalue weighted by Crippen LogP contribution is 2.32. The number of sulfonamides is 1. The third-order valence-corrected chi connectivity index (χ3v) is 5.87. The number of fused-ring (bicyclic) bond motifs is 1. The predicted molar refractivity (Wildman–Crippen MR) is 99.0 cm³/mol. The minimum atomic E-state index is -3.56. The van der Waals surface area contributed by atoms with Gasteiger partial charge in [-0.3, -0.25) is 0 Å². The second-order valence-corrected chi connectivity index (χ2v) is 10.0. The number of hydrogen-bond donors (Lipinski definition) is 2. The number of thiazole rings is 1. The lowest BCUT2D eigenvalue weighted by atomic mass is 9.98. The van der Waals surface area contributed by atoms with E-state index >= 15 is 0 Å². The Kier molecular flexibility index (Phi) is 5.87. The summed E-state index contributed by atoms with van der Waals surface area (Å²) in [5, 5.41) is 0.994. The first-order valence-corrected chi connectivity index (χ1v) is 9.38. The van der Waals surface area contributed by atoms with Gasteiger partial charge in [0.25, 0.3) is 0 Å². The van der Waals surface area contributed by atoms with Crippen molar-refractivity contribution in [2.24, 2.45) is 5.73 Å². The zero-order valence-corrected chi connectivity index (χ0v) is 16.5. The van der Waals surface area contributed by atoms with Gasteiger partial charge in [-0.1, -0.05) is 20.8 Å². The third kappa shape index (κ3) is 5.12. The van der Waals surface area contributed by atoms with Gasteiger partial charge < -0.3 is 5.73 Å². The molecule has 2 aromatic rings. The molecule has 1 aromatic heterocycles. The molecular weight excluding hydrogens is 354 g/mol. The lowest BCUT2D eigenvalue weighted by Crippen LogP contribution is -2.45. The van der Waals surface area contributed by atoms with Crippen molar-refractivity contribution >= 4 is 44.0 Å². The van der Waals surface area contributed by atoms with Crippen LogP contribution in [0.15, 0.2) is 23.1 Å². The fourth-order valence-electron chi connectivity index (χ4n) is 1.76. The molecule has 23 heavy (non-hydrogen) atoms. The summed E-state index contributed by atoms with van der Waals surface area (Å²) in [6.45, 7) is 10.0. The van der Waals surface area contributed by atoms with Gasteiger partial charge in [-0.2, -0.15) is 0 Å². The molecule has 0 saturated carbocycles. The van der Waals surface area contributed by atoms with E-state index in [1.165, 1.54) is 11.3 Å². The Hall–Kier alpha value is -0.730. The van der Waals surface area contributed by atoms with Gasteiger partial charge in [0.1, 0.15) is 0 Å². The lowest BCUT2D eigenvalue weighted by molar-refractivity contribution is 0.498. The first-order chi connectivity index (χ1) is 9.88. The van der Waals surface area contributed by atoms with Gasteiger partial charge in [0.2, 0.25) is 10.0 Å². The monoisotopic (exact) mass is 377 g/mol. The maximum atomic E-state index is 12.3. The van der Waals surface area contributed by atoms with Crippen LogP contribution < -0.4 is 10.5 Å². The zero-order valence-electron chi connectivity index (χ0n) is 14.0. The molecule has 0 atom stereocenters. The molecule has 1 aromatic carbocycles. The summed E-state index contributed by atoms with van der Waals surface area (Å²) in [6.07, 6.45) is 0. The molecule has 3 N–H and O–H groups in total. The van der Waals surface area contributed by atoms with Crippen LogP contribution in [-0.4, -0.2) is 25.5 Å². The van der Waals surface area contributed by atoms with E-state index in [1.54, 1.807) is 32.0 Å². The summed E-state index contributed by atoms with van der Waals surface area (Å²) >= 11 is 1.53. The van der Waals surface area contributed by atoms with Gasteiger partial charge in [0.05, 0.1) is 20.1 Å². The quantitative estimate of drug-likeness (QED) is 0.857. The second-order valence-electron chi connectivity index (χ2n) is 7.21. The van der Waals surface area contributed by atoms with E-state index in [-0.39, 0.29) is 29.3 Å². The third-order valence-electron chi connectivity index (χ3n) is 3.03. The zero-order chi connectivity index (χ0) is 16.8. The van der Waals surface area contributed by atoms with Gasteiger partial charge in [-0.05, 0) is 32.0 Å². The topological polar surface area (TPSA) is 85.1 Å². The Morgan fingerprint density at radius 2 is 1.83 bits per heavy atom. The normalized spacial score (nSPS) is 13.1. The molecule has 0 saturated heterocycles. The molecule has 0 fully saturated rings. The number of hydrogen-bond acceptors (Lipinski definition) is 5. The van der Waals surface area contributed by atoms with Crippen LogP contribution >= 0.6 is 23.7 Å². The second kappa shape index (κ2) is 6.64. The van der Waals surface area contributed by atoms with Crippen LogP contribution in [0.3, 0.4) is 0 Å². The smallest absolute Gasteiger partial charge is 0.240 e. The van der Waals surface area contributed by atoms with E-state index in [2.05, 4.69) is 30.5 Å². The minimum absolute atomic E-state index is 0. The fourth-order valence-corrected chi connectivity index (χ4v) is 4.14. The molecule has 0 aliphatic carbocycles. The molecule has 0 aliphatic heterocycles. The van der Waals surface area contributed by atoms with Gasteiger partial charge in [0, 0.05) is 17.5 Å². The summed E-state index contributed by atoms with van der Waals surface area (Å²) in [7, 11) is -3.56. The molecule has 5 nitrogen and oxygen atoms in total. The van der Waals surface area contributed by atoms with Crippen molar-refractivity contribution in [1.82, 2.24) is 9.71 Å². The van der Waals surface area contributed by atoms with Crippen molar-refractivity contribution in [3.8, 4) is 0 Å². The van der Waals surface area contributed by atoms with Gasteiger partial charge in [-0.25, -0.2) is 18.1 Å². The summed E-state index contributed by atoms with van der Waals surface area (Å²) in [5.41, 5.74) is 6.01. The molecule has 0 spiro atoms. The van der Waals surface area contributed by atoms with Crippen molar-refractivity contribution in [3.63, 3.8) is 0 Å². The molecule has 0 aliphatic rings. The predicted octanol–water partition coefficient (Wildman–Crippen LogP) is 3.03. The Morgan fingerprint density at radius 3 is 2.35 bits per heavy atom. The number of rotatable bonds is 4. The minimum Gasteiger partial charge on any atom is -0.324 e. The van der Waals surface area contributed by atoms with Crippen LogP contribution in [0.5, 0.6) is 0 Å². The van der Waals surface area contributed by atoms with Crippen molar-refractivity contribution in [1.29, 1.82) is 0 Å². The number of benzene rings is 1. The Labute approximate surface area is 148 Å². The average Bonchev–Trinajstić information content (AvgIpc) is 2.78. The molecular formula is C15H24ClN3O2S2. The Morgan fingerprint density at radius 1 is 1.22 bits per heavy atom.